The Hall–Kier alpha value is -1.24. The summed E-state index contributed by atoms with van der Waals surface area (Å²) in [5, 5.41) is 3.43. The van der Waals surface area contributed by atoms with Crippen LogP contribution in [0, 0.1) is 0 Å². The van der Waals surface area contributed by atoms with Crippen molar-refractivity contribution < 1.29 is 0 Å². The van der Waals surface area contributed by atoms with Crippen LogP contribution >= 0.6 is 0 Å². The zero-order chi connectivity index (χ0) is 12.2. The van der Waals surface area contributed by atoms with Gasteiger partial charge in [0.1, 0.15) is 0 Å². The van der Waals surface area contributed by atoms with E-state index in [1.807, 2.05) is 6.07 Å². The van der Waals surface area contributed by atoms with E-state index >= 15 is 0 Å². The molecule has 0 radical (unpaired) electrons. The highest BCUT2D eigenvalue weighted by Gasteiger charge is 2.27. The van der Waals surface area contributed by atoms with Crippen LogP contribution < -0.4 is 16.2 Å². The molecule has 3 N–H and O–H groups in total. The number of likely N-dealkylation sites (tertiary alicyclic amines) is 1. The normalized spacial score (nSPS) is 26.3. The maximum atomic E-state index is 4.23. The molecule has 0 bridgehead atoms. The van der Waals surface area contributed by atoms with Crippen LogP contribution in [0.1, 0.15) is 12.8 Å². The van der Waals surface area contributed by atoms with E-state index in [0.717, 1.165) is 25.6 Å². The van der Waals surface area contributed by atoms with Gasteiger partial charge in [-0.05, 0) is 25.5 Å². The van der Waals surface area contributed by atoms with E-state index in [4.69, 9.17) is 0 Å². The molecule has 0 spiro atoms. The summed E-state index contributed by atoms with van der Waals surface area (Å²) in [6.45, 7) is 4.34. The maximum Gasteiger partial charge on any atom is 0.222 e. The Bertz CT molecular complexity index is 364. The van der Waals surface area contributed by atoms with E-state index in [1.54, 1.807) is 12.4 Å². The molecule has 18 heavy (non-hydrogen) atoms. The number of nitrogens with zero attached hydrogens (tertiary/aromatic N) is 3. The largest absolute Gasteiger partial charge is 0.350 e. The SMILES string of the molecule is c1cnc(NC2CCCN(C3CNNC3)C2)nc1. The first-order valence-electron chi connectivity index (χ1n) is 6.65. The molecule has 3 rings (SSSR count). The summed E-state index contributed by atoms with van der Waals surface area (Å²) in [7, 11) is 0. The third-order valence-electron chi connectivity index (χ3n) is 3.67. The third kappa shape index (κ3) is 2.77. The van der Waals surface area contributed by atoms with Gasteiger partial charge in [0.25, 0.3) is 0 Å². The van der Waals surface area contributed by atoms with Gasteiger partial charge < -0.3 is 5.32 Å². The zero-order valence-electron chi connectivity index (χ0n) is 10.5. The van der Waals surface area contributed by atoms with Gasteiger partial charge >= 0.3 is 0 Å². The highest BCUT2D eigenvalue weighted by molar-refractivity contribution is 5.24. The molecule has 98 valence electrons. The van der Waals surface area contributed by atoms with Gasteiger partial charge in [0.2, 0.25) is 5.95 Å². The van der Waals surface area contributed by atoms with Crippen molar-refractivity contribution in [3.8, 4) is 0 Å². The van der Waals surface area contributed by atoms with Crippen molar-refractivity contribution in [1.82, 2.24) is 25.7 Å². The monoisotopic (exact) mass is 248 g/mol. The molecule has 3 heterocycles. The Balaban J connectivity index is 1.56. The number of anilines is 1. The number of hydrogen-bond acceptors (Lipinski definition) is 6. The topological polar surface area (TPSA) is 65.1 Å². The first-order chi connectivity index (χ1) is 8.92. The van der Waals surface area contributed by atoms with E-state index in [0.29, 0.717) is 12.1 Å². The molecule has 1 aromatic rings. The molecule has 2 saturated heterocycles. The molecule has 0 amide bonds. The van der Waals surface area contributed by atoms with Gasteiger partial charge in [0.15, 0.2) is 0 Å². The van der Waals surface area contributed by atoms with Crippen molar-refractivity contribution >= 4 is 5.95 Å². The summed E-state index contributed by atoms with van der Waals surface area (Å²) in [4.78, 5) is 11.0. The molecule has 0 aliphatic carbocycles. The van der Waals surface area contributed by atoms with Crippen LogP contribution in [-0.2, 0) is 0 Å². The summed E-state index contributed by atoms with van der Waals surface area (Å²) in [5.74, 6) is 0.743. The fourth-order valence-corrected chi connectivity index (χ4v) is 2.72. The van der Waals surface area contributed by atoms with Crippen LogP contribution in [0.15, 0.2) is 18.5 Å². The Labute approximate surface area is 107 Å². The van der Waals surface area contributed by atoms with Gasteiger partial charge in [0.05, 0.1) is 0 Å². The fourth-order valence-electron chi connectivity index (χ4n) is 2.72. The Kier molecular flexibility index (Phi) is 3.68. The molecule has 2 fully saturated rings. The minimum Gasteiger partial charge on any atom is -0.350 e. The number of hydrogen-bond donors (Lipinski definition) is 3. The summed E-state index contributed by atoms with van der Waals surface area (Å²) < 4.78 is 0. The van der Waals surface area contributed by atoms with Gasteiger partial charge in [-0.15, -0.1) is 0 Å². The summed E-state index contributed by atoms with van der Waals surface area (Å²) in [5.41, 5.74) is 6.39. The van der Waals surface area contributed by atoms with Crippen molar-refractivity contribution in [1.29, 1.82) is 0 Å². The second kappa shape index (κ2) is 5.60. The molecule has 0 saturated carbocycles. The number of rotatable bonds is 3. The highest BCUT2D eigenvalue weighted by atomic mass is 15.4. The van der Waals surface area contributed by atoms with Crippen molar-refractivity contribution in [2.75, 3.05) is 31.5 Å². The van der Waals surface area contributed by atoms with E-state index in [1.165, 1.54) is 19.4 Å². The fraction of sp³-hybridized carbons (Fsp3) is 0.667. The Morgan fingerprint density at radius 1 is 1.22 bits per heavy atom. The summed E-state index contributed by atoms with van der Waals surface area (Å²) >= 11 is 0. The molecule has 1 aromatic heterocycles. The molecule has 6 nitrogen and oxygen atoms in total. The lowest BCUT2D eigenvalue weighted by Gasteiger charge is -2.36. The van der Waals surface area contributed by atoms with Crippen LogP contribution in [0.5, 0.6) is 0 Å². The summed E-state index contributed by atoms with van der Waals surface area (Å²) in [6.07, 6.45) is 5.99. The number of aromatic nitrogens is 2. The van der Waals surface area contributed by atoms with Crippen molar-refractivity contribution in [3.05, 3.63) is 18.5 Å². The molecule has 1 unspecified atom stereocenters. The molecular formula is C12H20N6. The predicted molar refractivity (Wildman–Crippen MR) is 70.0 cm³/mol. The smallest absolute Gasteiger partial charge is 0.222 e. The van der Waals surface area contributed by atoms with Crippen LogP contribution in [0.3, 0.4) is 0 Å². The quantitative estimate of drug-likeness (QED) is 0.690. The first-order valence-corrected chi connectivity index (χ1v) is 6.65. The van der Waals surface area contributed by atoms with E-state index in [9.17, 15) is 0 Å². The lowest BCUT2D eigenvalue weighted by Crippen LogP contribution is -2.49. The van der Waals surface area contributed by atoms with Crippen molar-refractivity contribution in [2.24, 2.45) is 0 Å². The lowest BCUT2D eigenvalue weighted by atomic mass is 10.0. The van der Waals surface area contributed by atoms with Crippen LogP contribution in [0.25, 0.3) is 0 Å². The van der Waals surface area contributed by atoms with Gasteiger partial charge in [-0.1, -0.05) is 0 Å². The second-order valence-corrected chi connectivity index (χ2v) is 4.97. The number of piperidine rings is 1. The van der Waals surface area contributed by atoms with Crippen molar-refractivity contribution in [2.45, 2.75) is 24.9 Å². The Morgan fingerprint density at radius 2 is 2.00 bits per heavy atom. The molecular weight excluding hydrogens is 228 g/mol. The lowest BCUT2D eigenvalue weighted by molar-refractivity contribution is 0.170. The van der Waals surface area contributed by atoms with Crippen LogP contribution in [-0.4, -0.2) is 53.1 Å². The molecule has 0 aromatic carbocycles. The minimum absolute atomic E-state index is 0.460. The van der Waals surface area contributed by atoms with Gasteiger partial charge in [-0.2, -0.15) is 0 Å². The first kappa shape index (κ1) is 11.8. The summed E-state index contributed by atoms with van der Waals surface area (Å²) in [6, 6.07) is 2.92. The zero-order valence-corrected chi connectivity index (χ0v) is 10.5. The van der Waals surface area contributed by atoms with Crippen LogP contribution in [0.4, 0.5) is 5.95 Å². The third-order valence-corrected chi connectivity index (χ3v) is 3.67. The molecule has 1 atom stereocenters. The molecule has 2 aliphatic rings. The van der Waals surface area contributed by atoms with Crippen LogP contribution in [0.2, 0.25) is 0 Å². The van der Waals surface area contributed by atoms with Gasteiger partial charge in [-0.3, -0.25) is 15.8 Å². The second-order valence-electron chi connectivity index (χ2n) is 4.97. The highest BCUT2D eigenvalue weighted by Crippen LogP contribution is 2.16. The molecule has 6 heteroatoms. The number of hydrazine groups is 1. The standard InChI is InChI=1S/C12H20N6/c1-3-10(17-12-13-4-2-5-14-12)9-18(6-1)11-7-15-16-8-11/h2,4-5,10-11,15-16H,1,3,6-9H2,(H,13,14,17). The van der Waals surface area contributed by atoms with Crippen molar-refractivity contribution in [3.63, 3.8) is 0 Å². The minimum atomic E-state index is 0.460. The Morgan fingerprint density at radius 3 is 2.78 bits per heavy atom. The van der Waals surface area contributed by atoms with E-state index < -0.39 is 0 Å². The molecule has 2 aliphatic heterocycles. The predicted octanol–water partition coefficient (Wildman–Crippen LogP) is -0.171. The van der Waals surface area contributed by atoms with E-state index in [2.05, 4.69) is 31.0 Å². The van der Waals surface area contributed by atoms with E-state index in [-0.39, 0.29) is 0 Å². The average molecular weight is 248 g/mol. The number of nitrogens with one attached hydrogen (secondary N) is 3. The maximum absolute atomic E-state index is 4.23. The average Bonchev–Trinajstić information content (AvgIpc) is 2.94. The van der Waals surface area contributed by atoms with Gasteiger partial charge in [-0.25, -0.2) is 9.97 Å². The van der Waals surface area contributed by atoms with Gasteiger partial charge in [0, 0.05) is 44.1 Å².